The van der Waals surface area contributed by atoms with Crippen molar-refractivity contribution in [3.63, 3.8) is 0 Å². The highest BCUT2D eigenvalue weighted by Crippen LogP contribution is 2.36. The van der Waals surface area contributed by atoms with Gasteiger partial charge in [0.05, 0.1) is 33.4 Å². The van der Waals surface area contributed by atoms with Crippen LogP contribution in [0.5, 0.6) is 0 Å². The van der Waals surface area contributed by atoms with E-state index in [1.54, 1.807) is 0 Å². The van der Waals surface area contributed by atoms with E-state index in [2.05, 4.69) is 137 Å². The average molecular weight is 586 g/mol. The van der Waals surface area contributed by atoms with Crippen molar-refractivity contribution in [3.8, 4) is 0 Å². The largest absolute Gasteiger partial charge is 0.384 e. The first-order valence-electron chi connectivity index (χ1n) is 15.9. The normalized spacial score (nSPS) is 11.7. The molecule has 5 heteroatoms. The van der Waals surface area contributed by atoms with Gasteiger partial charge in [0.1, 0.15) is 0 Å². The minimum atomic E-state index is 0.893. The molecule has 0 aliphatic rings. The monoisotopic (exact) mass is 585 g/mol. The molecule has 2 heterocycles. The van der Waals surface area contributed by atoms with E-state index < -0.39 is 0 Å². The van der Waals surface area contributed by atoms with Crippen LogP contribution in [0.3, 0.4) is 0 Å². The van der Waals surface area contributed by atoms with Gasteiger partial charge in [-0.1, -0.05) is 109 Å². The van der Waals surface area contributed by atoms with Crippen LogP contribution in [0.15, 0.2) is 121 Å². The predicted molar refractivity (Wildman–Crippen MR) is 193 cm³/mol. The van der Waals surface area contributed by atoms with Crippen LogP contribution < -0.4 is 16.0 Å². The van der Waals surface area contributed by atoms with Crippen LogP contribution >= 0.6 is 0 Å². The lowest BCUT2D eigenvalue weighted by molar-refractivity contribution is 0.643. The maximum absolute atomic E-state index is 5.06. The molecule has 220 valence electrons. The zero-order valence-electron chi connectivity index (χ0n) is 25.2. The molecule has 0 bridgehead atoms. The van der Waals surface area contributed by atoms with Crippen LogP contribution in [0, 0.1) is 0 Å². The minimum Gasteiger partial charge on any atom is -0.384 e. The molecule has 0 radical (unpaired) electrons. The molecule has 0 aliphatic carbocycles. The van der Waals surface area contributed by atoms with Gasteiger partial charge in [0.2, 0.25) is 0 Å². The summed E-state index contributed by atoms with van der Waals surface area (Å²) in [5.74, 6) is 0. The fraction of sp³-hybridized carbons (Fsp3) is 0.150. The third-order valence-corrected chi connectivity index (χ3v) is 8.82. The van der Waals surface area contributed by atoms with Gasteiger partial charge < -0.3 is 16.0 Å². The second-order valence-electron chi connectivity index (χ2n) is 11.7. The lowest BCUT2D eigenvalue weighted by Gasteiger charge is -2.15. The second-order valence-corrected chi connectivity index (χ2v) is 11.7. The van der Waals surface area contributed by atoms with E-state index in [4.69, 9.17) is 9.97 Å². The molecule has 3 N–H and O–H groups in total. The van der Waals surface area contributed by atoms with E-state index in [-0.39, 0.29) is 0 Å². The Hall–Kier alpha value is -5.26. The number of benzene rings is 6. The Bertz CT molecular complexity index is 2160. The summed E-state index contributed by atoms with van der Waals surface area (Å²) in [4.78, 5) is 10.1. The quantitative estimate of drug-likeness (QED) is 0.0848. The summed E-state index contributed by atoms with van der Waals surface area (Å²) in [7, 11) is 0. The number of hydrogen-bond acceptors (Lipinski definition) is 5. The second kappa shape index (κ2) is 12.0. The van der Waals surface area contributed by atoms with Gasteiger partial charge in [0, 0.05) is 45.4 Å². The molecule has 0 fully saturated rings. The summed E-state index contributed by atoms with van der Waals surface area (Å²) in [6, 6.07) is 42.7. The van der Waals surface area contributed by atoms with Gasteiger partial charge in [-0.3, -0.25) is 0 Å². The third kappa shape index (κ3) is 5.15. The zero-order chi connectivity index (χ0) is 30.0. The van der Waals surface area contributed by atoms with E-state index in [0.29, 0.717) is 0 Å². The SMILES string of the molecule is c1ccc2c(c1)ccc1c(NCCCNCCCNc3c4ccccc4nc4c3ccc3ccccc34)c3ccccc3nc12. The first-order chi connectivity index (χ1) is 22.3. The average Bonchev–Trinajstić information content (AvgIpc) is 3.10. The number of aromatic nitrogens is 2. The molecule has 8 aromatic rings. The number of hydrogen-bond donors (Lipinski definition) is 3. The Balaban J connectivity index is 0.903. The number of fused-ring (bicyclic) bond motifs is 8. The summed E-state index contributed by atoms with van der Waals surface area (Å²) in [6.07, 6.45) is 2.07. The predicted octanol–water partition coefficient (Wildman–Crippen LogP) is 9.29. The standard InChI is InChI=1S/C40H35N5/c1-3-13-29-27(11-1)19-21-33-37(31-15-5-7-17-35(31)44-39(29)33)42-25-9-23-41-24-10-26-43-38-32-16-6-8-18-36(32)45-40-30-14-4-2-12-28(30)20-22-34(38)40/h1-8,11-22,41H,9-10,23-26H2,(H,42,44)(H,43,45). The van der Waals surface area contributed by atoms with E-state index >= 15 is 0 Å². The Morgan fingerprint density at radius 3 is 1.29 bits per heavy atom. The van der Waals surface area contributed by atoms with Crippen molar-refractivity contribution in [2.45, 2.75) is 12.8 Å². The molecule has 0 unspecified atom stereocenters. The number of nitrogens with zero attached hydrogens (tertiary/aromatic N) is 2. The molecule has 0 spiro atoms. The summed E-state index contributed by atoms with van der Waals surface area (Å²) in [5, 5.41) is 20.7. The Kier molecular flexibility index (Phi) is 7.30. The van der Waals surface area contributed by atoms with Crippen LogP contribution in [0.2, 0.25) is 0 Å². The van der Waals surface area contributed by atoms with Gasteiger partial charge >= 0.3 is 0 Å². The van der Waals surface area contributed by atoms with E-state index in [0.717, 1.165) is 61.1 Å². The molecule has 0 saturated heterocycles. The van der Waals surface area contributed by atoms with Crippen molar-refractivity contribution < 1.29 is 0 Å². The molecular weight excluding hydrogens is 550 g/mol. The van der Waals surface area contributed by atoms with E-state index in [1.165, 1.54) is 54.5 Å². The number of pyridine rings is 2. The lowest BCUT2D eigenvalue weighted by Crippen LogP contribution is -2.21. The lowest BCUT2D eigenvalue weighted by atomic mass is 10.0. The molecular formula is C40H35N5. The molecule has 0 amide bonds. The highest BCUT2D eigenvalue weighted by atomic mass is 14.9. The summed E-state index contributed by atoms with van der Waals surface area (Å²) in [6.45, 7) is 3.71. The summed E-state index contributed by atoms with van der Waals surface area (Å²) < 4.78 is 0. The van der Waals surface area contributed by atoms with Crippen molar-refractivity contribution in [2.24, 2.45) is 0 Å². The van der Waals surface area contributed by atoms with Gasteiger partial charge in [0.15, 0.2) is 0 Å². The van der Waals surface area contributed by atoms with Gasteiger partial charge in [-0.15, -0.1) is 0 Å². The highest BCUT2D eigenvalue weighted by molar-refractivity contribution is 6.17. The molecule has 0 saturated carbocycles. The van der Waals surface area contributed by atoms with Crippen molar-refractivity contribution in [1.29, 1.82) is 0 Å². The number of para-hydroxylation sites is 2. The minimum absolute atomic E-state index is 0.893. The van der Waals surface area contributed by atoms with Crippen LogP contribution in [0.25, 0.3) is 65.2 Å². The Labute approximate surface area is 262 Å². The summed E-state index contributed by atoms with van der Waals surface area (Å²) >= 11 is 0. The molecule has 5 nitrogen and oxygen atoms in total. The van der Waals surface area contributed by atoms with Crippen molar-refractivity contribution in [2.75, 3.05) is 36.8 Å². The van der Waals surface area contributed by atoms with Gasteiger partial charge in [-0.2, -0.15) is 0 Å². The van der Waals surface area contributed by atoms with Gasteiger partial charge in [-0.05, 0) is 48.8 Å². The van der Waals surface area contributed by atoms with Crippen LogP contribution in [-0.4, -0.2) is 36.1 Å². The van der Waals surface area contributed by atoms with Crippen LogP contribution in [0.1, 0.15) is 12.8 Å². The molecule has 45 heavy (non-hydrogen) atoms. The maximum atomic E-state index is 5.06. The zero-order valence-corrected chi connectivity index (χ0v) is 25.2. The van der Waals surface area contributed by atoms with E-state index in [9.17, 15) is 0 Å². The Morgan fingerprint density at radius 1 is 0.378 bits per heavy atom. The summed E-state index contributed by atoms with van der Waals surface area (Å²) in [5.41, 5.74) is 6.52. The topological polar surface area (TPSA) is 61.9 Å². The van der Waals surface area contributed by atoms with Gasteiger partial charge in [0.25, 0.3) is 0 Å². The fourth-order valence-corrected chi connectivity index (χ4v) is 6.61. The maximum Gasteiger partial charge on any atom is 0.0808 e. The molecule has 8 rings (SSSR count). The number of nitrogens with one attached hydrogen (secondary N) is 3. The number of anilines is 2. The molecule has 2 aromatic heterocycles. The molecule has 0 aliphatic heterocycles. The molecule has 6 aromatic carbocycles. The Morgan fingerprint density at radius 2 is 0.800 bits per heavy atom. The van der Waals surface area contributed by atoms with Crippen molar-refractivity contribution in [3.05, 3.63) is 121 Å². The van der Waals surface area contributed by atoms with Gasteiger partial charge in [-0.25, -0.2) is 9.97 Å². The van der Waals surface area contributed by atoms with Crippen LogP contribution in [-0.2, 0) is 0 Å². The van der Waals surface area contributed by atoms with Crippen LogP contribution in [0.4, 0.5) is 11.4 Å². The number of rotatable bonds is 10. The smallest absolute Gasteiger partial charge is 0.0808 e. The molecule has 0 atom stereocenters. The van der Waals surface area contributed by atoms with E-state index in [1.807, 2.05) is 0 Å². The highest BCUT2D eigenvalue weighted by Gasteiger charge is 2.12. The first-order valence-corrected chi connectivity index (χ1v) is 15.9. The first kappa shape index (κ1) is 27.3. The third-order valence-electron chi connectivity index (χ3n) is 8.82. The van der Waals surface area contributed by atoms with Crippen molar-refractivity contribution >= 4 is 76.5 Å². The fourth-order valence-electron chi connectivity index (χ4n) is 6.61. The van der Waals surface area contributed by atoms with Crippen molar-refractivity contribution in [1.82, 2.24) is 15.3 Å².